The summed E-state index contributed by atoms with van der Waals surface area (Å²) in [6.07, 6.45) is 2.27. The molecule has 0 aliphatic rings. The summed E-state index contributed by atoms with van der Waals surface area (Å²) in [4.78, 5) is 0. The van der Waals surface area contributed by atoms with Crippen molar-refractivity contribution in [2.45, 2.75) is 0 Å². The molecule has 0 heterocycles. The lowest BCUT2D eigenvalue weighted by atomic mass is 10.1. The van der Waals surface area contributed by atoms with E-state index in [0.29, 0.717) is 0 Å². The average molecular weight is 352 g/mol. The molecule has 0 bridgehead atoms. The maximum absolute atomic E-state index is 2.37. The number of hydrogen-bond donors (Lipinski definition) is 0. The summed E-state index contributed by atoms with van der Waals surface area (Å²) in [6.45, 7) is 0. The number of benzene rings is 2. The van der Waals surface area contributed by atoms with Gasteiger partial charge in [0.25, 0.3) is 7.71 Å². The fraction of sp³-hybridized carbons (Fsp3) is 0.333. The first-order valence-electron chi connectivity index (χ1n) is 7.48. The van der Waals surface area contributed by atoms with Crippen LogP contribution < -0.4 is 12.4 Å². The summed E-state index contributed by atoms with van der Waals surface area (Å²) in [5.41, 5.74) is 1.27. The molecule has 0 amide bonds. The maximum Gasteiger partial charge on any atom is 0.253 e. The second-order valence-electron chi connectivity index (χ2n) is 6.04. The average Bonchev–Trinajstić information content (AvgIpc) is 2.47. The fourth-order valence-corrected chi connectivity index (χ4v) is 6.36. The first-order chi connectivity index (χ1) is 10.4. The van der Waals surface area contributed by atoms with Crippen molar-refractivity contribution in [2.24, 2.45) is 0 Å². The van der Waals surface area contributed by atoms with Gasteiger partial charge in [0.05, 0.1) is 0 Å². The molecule has 126 valence electrons. The van der Waals surface area contributed by atoms with Gasteiger partial charge in [-0.15, -0.1) is 0 Å². The highest BCUT2D eigenvalue weighted by Crippen LogP contribution is 2.65. The molecule has 0 N–H and O–H groups in total. The zero-order valence-corrected chi connectivity index (χ0v) is 16.5. The van der Waals surface area contributed by atoms with Crippen LogP contribution in [0.2, 0.25) is 0 Å². The predicted octanol–water partition coefficient (Wildman–Crippen LogP) is 1.26. The standard InChI is InChI=1S/C18H27N3P.ClH/c1-19(2)22(20(3)4,21(5)6)15-14-17-12-9-11-16-10-7-8-13-18(16)17;/h7-15H,1-6H3;1H/q+1;/p-1/b15-14+;. The molecule has 3 nitrogen and oxygen atoms in total. The molecule has 2 rings (SSSR count). The minimum atomic E-state index is -1.64. The van der Waals surface area contributed by atoms with E-state index in [0.717, 1.165) is 0 Å². The molecule has 0 spiro atoms. The van der Waals surface area contributed by atoms with E-state index in [2.05, 4.69) is 111 Å². The van der Waals surface area contributed by atoms with Crippen LogP contribution in [0.25, 0.3) is 16.8 Å². The molecule has 0 saturated heterocycles. The second-order valence-corrected chi connectivity index (χ2v) is 9.97. The van der Waals surface area contributed by atoms with E-state index >= 15 is 0 Å². The van der Waals surface area contributed by atoms with Crippen molar-refractivity contribution in [3.05, 3.63) is 53.8 Å². The number of rotatable bonds is 5. The van der Waals surface area contributed by atoms with E-state index in [1.807, 2.05) is 0 Å². The molecule has 0 aliphatic carbocycles. The van der Waals surface area contributed by atoms with Crippen LogP contribution in [0, 0.1) is 0 Å². The van der Waals surface area contributed by atoms with E-state index in [1.54, 1.807) is 0 Å². The van der Waals surface area contributed by atoms with Gasteiger partial charge >= 0.3 is 0 Å². The highest BCUT2D eigenvalue weighted by atomic mass is 35.5. The number of fused-ring (bicyclic) bond motifs is 1. The molecule has 0 unspecified atom stereocenters. The molecule has 0 radical (unpaired) electrons. The van der Waals surface area contributed by atoms with Crippen LogP contribution in [0.5, 0.6) is 0 Å². The molecule has 5 heteroatoms. The SMILES string of the molecule is CN(C)[P+](/C=C/c1cccc2ccccc12)(N(C)C)N(C)C.[Cl-]. The molecule has 23 heavy (non-hydrogen) atoms. The Bertz CT molecular complexity index is 641. The van der Waals surface area contributed by atoms with Crippen molar-refractivity contribution in [1.29, 1.82) is 0 Å². The fourth-order valence-electron chi connectivity index (χ4n) is 3.05. The Morgan fingerprint density at radius 2 is 1.26 bits per heavy atom. The Morgan fingerprint density at radius 1 is 0.739 bits per heavy atom. The predicted molar refractivity (Wildman–Crippen MR) is 101 cm³/mol. The first kappa shape index (κ1) is 20.1. The van der Waals surface area contributed by atoms with Crippen LogP contribution in [0.3, 0.4) is 0 Å². The van der Waals surface area contributed by atoms with Gasteiger partial charge in [-0.3, -0.25) is 0 Å². The molecule has 2 aromatic carbocycles. The summed E-state index contributed by atoms with van der Waals surface area (Å²) in [6, 6.07) is 15.0. The van der Waals surface area contributed by atoms with Gasteiger partial charge in [0.1, 0.15) is 5.82 Å². The Hall–Kier alpha value is -0.960. The number of nitrogens with zero attached hydrogens (tertiary/aromatic N) is 3. The van der Waals surface area contributed by atoms with Crippen LogP contribution in [-0.4, -0.2) is 56.3 Å². The molecular weight excluding hydrogens is 325 g/mol. The smallest absolute Gasteiger partial charge is 0.253 e. The van der Waals surface area contributed by atoms with Gasteiger partial charge < -0.3 is 12.4 Å². The zero-order chi connectivity index (χ0) is 16.3. The monoisotopic (exact) mass is 351 g/mol. The number of hydrogen-bond acceptors (Lipinski definition) is 3. The van der Waals surface area contributed by atoms with Gasteiger partial charge in [-0.25, -0.2) is 0 Å². The van der Waals surface area contributed by atoms with Crippen LogP contribution in [0.1, 0.15) is 5.56 Å². The quantitative estimate of drug-likeness (QED) is 0.751. The lowest BCUT2D eigenvalue weighted by molar-refractivity contribution is -0.00000465. The second kappa shape index (κ2) is 8.23. The molecule has 0 aromatic heterocycles. The minimum absolute atomic E-state index is 0. The third-order valence-electron chi connectivity index (χ3n) is 4.04. The Kier molecular flexibility index (Phi) is 7.19. The molecule has 2 aromatic rings. The molecule has 0 atom stereocenters. The van der Waals surface area contributed by atoms with Gasteiger partial charge in [0.15, 0.2) is 0 Å². The maximum atomic E-state index is 2.37. The van der Waals surface area contributed by atoms with E-state index in [1.165, 1.54) is 16.3 Å². The van der Waals surface area contributed by atoms with Crippen molar-refractivity contribution in [3.63, 3.8) is 0 Å². The molecule has 0 saturated carbocycles. The zero-order valence-electron chi connectivity index (χ0n) is 14.9. The van der Waals surface area contributed by atoms with E-state index in [4.69, 9.17) is 0 Å². The third-order valence-corrected chi connectivity index (χ3v) is 8.12. The van der Waals surface area contributed by atoms with Crippen LogP contribution in [0.15, 0.2) is 48.3 Å². The Labute approximate surface area is 147 Å². The summed E-state index contributed by atoms with van der Waals surface area (Å²) in [5, 5.41) is 2.59. The van der Waals surface area contributed by atoms with Gasteiger partial charge in [0.2, 0.25) is 0 Å². The Morgan fingerprint density at radius 3 is 1.83 bits per heavy atom. The highest BCUT2D eigenvalue weighted by Gasteiger charge is 2.45. The van der Waals surface area contributed by atoms with Crippen molar-refractivity contribution in [2.75, 3.05) is 42.3 Å². The molecule has 0 fully saturated rings. The number of halogens is 1. The lowest BCUT2D eigenvalue weighted by Crippen LogP contribution is -3.00. The highest BCUT2D eigenvalue weighted by molar-refractivity contribution is 7.72. The summed E-state index contributed by atoms with van der Waals surface area (Å²) < 4.78 is 6.98. The summed E-state index contributed by atoms with van der Waals surface area (Å²) in [5.74, 6) is 2.37. The van der Waals surface area contributed by atoms with Gasteiger partial charge in [-0.2, -0.15) is 14.0 Å². The van der Waals surface area contributed by atoms with Crippen LogP contribution in [-0.2, 0) is 0 Å². The van der Waals surface area contributed by atoms with Crippen molar-refractivity contribution in [3.8, 4) is 0 Å². The van der Waals surface area contributed by atoms with Crippen LogP contribution in [0.4, 0.5) is 0 Å². The van der Waals surface area contributed by atoms with Crippen molar-refractivity contribution >= 4 is 24.6 Å². The van der Waals surface area contributed by atoms with E-state index in [9.17, 15) is 0 Å². The molecular formula is C18H27ClN3P. The summed E-state index contributed by atoms with van der Waals surface area (Å²) in [7, 11) is 11.3. The Balaban J connectivity index is 0.00000264. The minimum Gasteiger partial charge on any atom is -1.00 e. The summed E-state index contributed by atoms with van der Waals surface area (Å²) >= 11 is 0. The van der Waals surface area contributed by atoms with Gasteiger partial charge in [-0.05, 0) is 22.4 Å². The van der Waals surface area contributed by atoms with Gasteiger partial charge in [0, 0.05) is 42.3 Å². The lowest BCUT2D eigenvalue weighted by Gasteiger charge is -2.37. The van der Waals surface area contributed by atoms with Crippen molar-refractivity contribution < 1.29 is 12.4 Å². The van der Waals surface area contributed by atoms with Crippen LogP contribution >= 0.6 is 7.71 Å². The topological polar surface area (TPSA) is 9.72 Å². The van der Waals surface area contributed by atoms with Crippen molar-refractivity contribution in [1.82, 2.24) is 14.0 Å². The third kappa shape index (κ3) is 3.93. The van der Waals surface area contributed by atoms with E-state index in [-0.39, 0.29) is 12.4 Å². The first-order valence-corrected chi connectivity index (χ1v) is 9.20. The largest absolute Gasteiger partial charge is 1.00 e. The normalized spacial score (nSPS) is 12.6. The van der Waals surface area contributed by atoms with Gasteiger partial charge in [-0.1, -0.05) is 42.5 Å². The molecule has 0 aliphatic heterocycles. The van der Waals surface area contributed by atoms with E-state index < -0.39 is 7.71 Å².